The van der Waals surface area contributed by atoms with Crippen molar-refractivity contribution < 1.29 is 13.2 Å². The lowest BCUT2D eigenvalue weighted by atomic mass is 10.1. The van der Waals surface area contributed by atoms with Crippen LogP contribution in [0.4, 0.5) is 13.2 Å². The average Bonchev–Trinajstić information content (AvgIpc) is 2.06. The highest BCUT2D eigenvalue weighted by Crippen LogP contribution is 2.39. The van der Waals surface area contributed by atoms with Gasteiger partial charge in [-0.3, -0.25) is 0 Å². The monoisotopic (exact) mass is 331 g/mol. The minimum atomic E-state index is -4.39. The van der Waals surface area contributed by atoms with Crippen LogP contribution in [0.5, 0.6) is 0 Å². The van der Waals surface area contributed by atoms with Crippen molar-refractivity contribution in [3.63, 3.8) is 0 Å². The summed E-state index contributed by atoms with van der Waals surface area (Å²) in [5.74, 6) is 0. The summed E-state index contributed by atoms with van der Waals surface area (Å²) in [7, 11) is 0. The van der Waals surface area contributed by atoms with Crippen LogP contribution in [-0.2, 0) is 12.7 Å². The molecule has 0 saturated heterocycles. The van der Waals surface area contributed by atoms with Gasteiger partial charge in [0.1, 0.15) is 0 Å². The first-order valence-corrected chi connectivity index (χ1v) is 5.20. The Bertz CT molecular complexity index is 349. The molecule has 2 N–H and O–H groups in total. The highest BCUT2D eigenvalue weighted by atomic mass is 79.9. The van der Waals surface area contributed by atoms with E-state index >= 15 is 0 Å². The smallest absolute Gasteiger partial charge is 0.326 e. The molecule has 0 aliphatic rings. The molecular formula is C8H6Br2F3N. The molecule has 0 aromatic heterocycles. The Balaban J connectivity index is 3.46. The predicted octanol–water partition coefficient (Wildman–Crippen LogP) is 3.69. The largest absolute Gasteiger partial charge is 0.417 e. The summed E-state index contributed by atoms with van der Waals surface area (Å²) in [5, 5.41) is 0. The van der Waals surface area contributed by atoms with Crippen LogP contribution in [0.3, 0.4) is 0 Å². The highest BCUT2D eigenvalue weighted by Gasteiger charge is 2.36. The van der Waals surface area contributed by atoms with Crippen molar-refractivity contribution in [2.75, 3.05) is 0 Å². The number of benzene rings is 1. The molecule has 78 valence electrons. The summed E-state index contributed by atoms with van der Waals surface area (Å²) in [4.78, 5) is 0. The first-order chi connectivity index (χ1) is 6.38. The molecule has 0 atom stereocenters. The molecule has 0 radical (unpaired) electrons. The van der Waals surface area contributed by atoms with Gasteiger partial charge in [-0.15, -0.1) is 0 Å². The SMILES string of the molecule is NCc1c(Br)ccc(Br)c1C(F)(F)F. The Morgan fingerprint density at radius 3 is 2.00 bits per heavy atom. The molecule has 6 heteroatoms. The second kappa shape index (κ2) is 4.20. The minimum absolute atomic E-state index is 0.00801. The van der Waals surface area contributed by atoms with Crippen molar-refractivity contribution in [1.82, 2.24) is 0 Å². The quantitative estimate of drug-likeness (QED) is 0.834. The van der Waals surface area contributed by atoms with Gasteiger partial charge in [0.15, 0.2) is 0 Å². The first-order valence-electron chi connectivity index (χ1n) is 3.62. The van der Waals surface area contributed by atoms with Gasteiger partial charge in [0.05, 0.1) is 5.56 Å². The van der Waals surface area contributed by atoms with E-state index in [1.807, 2.05) is 0 Å². The number of halogens is 5. The van der Waals surface area contributed by atoms with Gasteiger partial charge in [0.2, 0.25) is 0 Å². The number of hydrogen-bond donors (Lipinski definition) is 1. The second-order valence-corrected chi connectivity index (χ2v) is 4.29. The molecule has 14 heavy (non-hydrogen) atoms. The van der Waals surface area contributed by atoms with Gasteiger partial charge in [0.25, 0.3) is 0 Å². The molecule has 1 aromatic carbocycles. The zero-order valence-corrected chi connectivity index (χ0v) is 10.0. The first kappa shape index (κ1) is 12.0. The number of alkyl halides is 3. The fraction of sp³-hybridized carbons (Fsp3) is 0.250. The highest BCUT2D eigenvalue weighted by molar-refractivity contribution is 9.11. The van der Waals surface area contributed by atoms with E-state index in [1.165, 1.54) is 12.1 Å². The normalized spacial score (nSPS) is 11.9. The standard InChI is InChI=1S/C8H6Br2F3N/c9-5-1-2-6(10)7(4(5)3-14)8(11,12)13/h1-2H,3,14H2. The number of rotatable bonds is 1. The van der Waals surface area contributed by atoms with Crippen molar-refractivity contribution in [1.29, 1.82) is 0 Å². The third kappa shape index (κ3) is 2.29. The van der Waals surface area contributed by atoms with Gasteiger partial charge in [0, 0.05) is 15.5 Å². The van der Waals surface area contributed by atoms with E-state index < -0.39 is 11.7 Å². The van der Waals surface area contributed by atoms with Crippen molar-refractivity contribution in [2.45, 2.75) is 12.7 Å². The molecule has 0 aliphatic heterocycles. The summed E-state index contributed by atoms with van der Waals surface area (Å²) in [6, 6.07) is 2.87. The molecule has 0 fully saturated rings. The van der Waals surface area contributed by atoms with E-state index in [-0.39, 0.29) is 16.6 Å². The minimum Gasteiger partial charge on any atom is -0.326 e. The lowest BCUT2D eigenvalue weighted by Gasteiger charge is -2.14. The zero-order chi connectivity index (χ0) is 10.9. The Hall–Kier alpha value is -0.0700. The third-order valence-electron chi connectivity index (χ3n) is 1.69. The fourth-order valence-electron chi connectivity index (χ4n) is 1.10. The van der Waals surface area contributed by atoms with Gasteiger partial charge in [-0.05, 0) is 17.7 Å². The van der Waals surface area contributed by atoms with Crippen LogP contribution in [0.2, 0.25) is 0 Å². The Morgan fingerprint density at radius 2 is 1.64 bits per heavy atom. The maximum absolute atomic E-state index is 12.6. The van der Waals surface area contributed by atoms with Gasteiger partial charge in [-0.1, -0.05) is 31.9 Å². The van der Waals surface area contributed by atoms with Gasteiger partial charge in [-0.2, -0.15) is 13.2 Å². The molecule has 0 spiro atoms. The van der Waals surface area contributed by atoms with Crippen LogP contribution in [0.25, 0.3) is 0 Å². The Morgan fingerprint density at radius 1 is 1.14 bits per heavy atom. The summed E-state index contributed by atoms with van der Waals surface area (Å²) in [6.45, 7) is -0.158. The molecule has 1 rings (SSSR count). The lowest BCUT2D eigenvalue weighted by Crippen LogP contribution is -2.13. The fourth-order valence-corrected chi connectivity index (χ4v) is 2.19. The molecule has 1 nitrogen and oxygen atoms in total. The van der Waals surface area contributed by atoms with Crippen LogP contribution in [-0.4, -0.2) is 0 Å². The molecular weight excluding hydrogens is 327 g/mol. The Labute approximate surface area is 95.7 Å². The lowest BCUT2D eigenvalue weighted by molar-refractivity contribution is -0.138. The molecule has 0 amide bonds. The van der Waals surface area contributed by atoms with E-state index in [2.05, 4.69) is 31.9 Å². The predicted molar refractivity (Wildman–Crippen MR) is 54.7 cm³/mol. The summed E-state index contributed by atoms with van der Waals surface area (Å²) in [6.07, 6.45) is -4.39. The van der Waals surface area contributed by atoms with Gasteiger partial charge >= 0.3 is 6.18 Å². The molecule has 0 aliphatic carbocycles. The second-order valence-electron chi connectivity index (χ2n) is 2.58. The van der Waals surface area contributed by atoms with Crippen LogP contribution in [0.1, 0.15) is 11.1 Å². The molecule has 0 unspecified atom stereocenters. The Kier molecular flexibility index (Phi) is 3.60. The van der Waals surface area contributed by atoms with Crippen LogP contribution >= 0.6 is 31.9 Å². The summed E-state index contributed by atoms with van der Waals surface area (Å²) in [5.41, 5.74) is 4.61. The van der Waals surface area contributed by atoms with Crippen molar-refractivity contribution in [3.8, 4) is 0 Å². The summed E-state index contributed by atoms with van der Waals surface area (Å²) >= 11 is 5.89. The van der Waals surface area contributed by atoms with Crippen LogP contribution in [0, 0.1) is 0 Å². The van der Waals surface area contributed by atoms with Crippen LogP contribution < -0.4 is 5.73 Å². The zero-order valence-electron chi connectivity index (χ0n) is 6.83. The van der Waals surface area contributed by atoms with E-state index in [4.69, 9.17) is 5.73 Å². The van der Waals surface area contributed by atoms with E-state index in [1.54, 1.807) is 0 Å². The third-order valence-corrected chi connectivity index (χ3v) is 3.10. The van der Waals surface area contributed by atoms with Crippen molar-refractivity contribution in [2.24, 2.45) is 5.73 Å². The van der Waals surface area contributed by atoms with E-state index in [9.17, 15) is 13.2 Å². The van der Waals surface area contributed by atoms with E-state index in [0.29, 0.717) is 4.47 Å². The number of nitrogens with two attached hydrogens (primary N) is 1. The van der Waals surface area contributed by atoms with Gasteiger partial charge < -0.3 is 5.73 Å². The van der Waals surface area contributed by atoms with E-state index in [0.717, 1.165) is 0 Å². The molecule has 1 aromatic rings. The molecule has 0 bridgehead atoms. The molecule has 0 saturated carbocycles. The van der Waals surface area contributed by atoms with Crippen LogP contribution in [0.15, 0.2) is 21.1 Å². The topological polar surface area (TPSA) is 26.0 Å². The maximum Gasteiger partial charge on any atom is 0.417 e. The van der Waals surface area contributed by atoms with Crippen molar-refractivity contribution >= 4 is 31.9 Å². The summed E-state index contributed by atoms with van der Waals surface area (Å²) < 4.78 is 38.1. The molecule has 0 heterocycles. The average molecular weight is 333 g/mol. The van der Waals surface area contributed by atoms with Gasteiger partial charge in [-0.25, -0.2) is 0 Å². The maximum atomic E-state index is 12.6. The van der Waals surface area contributed by atoms with Crippen molar-refractivity contribution in [3.05, 3.63) is 32.2 Å². The number of hydrogen-bond acceptors (Lipinski definition) is 1.